The number of anilines is 1. The molecule has 1 aromatic carbocycles. The number of likely N-dealkylation sites (N-methyl/N-ethyl adjacent to an activating group) is 1. The number of carbonyl (C=O) groups excluding carboxylic acids is 1. The molecule has 0 radical (unpaired) electrons. The smallest absolute Gasteiger partial charge is 0.253 e. The molecule has 0 saturated heterocycles. The second-order valence-corrected chi connectivity index (χ2v) is 4.12. The zero-order chi connectivity index (χ0) is 12.8. The van der Waals surface area contributed by atoms with Crippen molar-refractivity contribution in [2.75, 3.05) is 38.6 Å². The number of nitrogens with zero attached hydrogens (tertiary/aromatic N) is 2. The predicted molar refractivity (Wildman–Crippen MR) is 71.4 cm³/mol. The molecule has 2 N–H and O–H groups in total. The topological polar surface area (TPSA) is 49.6 Å². The third kappa shape index (κ3) is 3.46. The van der Waals surface area contributed by atoms with Crippen LogP contribution < -0.4 is 10.6 Å². The molecule has 0 aliphatic rings. The van der Waals surface area contributed by atoms with Crippen LogP contribution in [-0.4, -0.2) is 44.5 Å². The van der Waals surface area contributed by atoms with Crippen LogP contribution in [0.3, 0.4) is 0 Å². The van der Waals surface area contributed by atoms with E-state index in [-0.39, 0.29) is 5.91 Å². The summed E-state index contributed by atoms with van der Waals surface area (Å²) in [6.45, 7) is 3.74. The molecule has 0 fully saturated rings. The Hall–Kier alpha value is -1.55. The van der Waals surface area contributed by atoms with Crippen molar-refractivity contribution < 1.29 is 4.79 Å². The van der Waals surface area contributed by atoms with Crippen LogP contribution >= 0.6 is 0 Å². The van der Waals surface area contributed by atoms with E-state index >= 15 is 0 Å². The summed E-state index contributed by atoms with van der Waals surface area (Å²) in [5.41, 5.74) is 7.24. The summed E-state index contributed by atoms with van der Waals surface area (Å²) in [6, 6.07) is 7.63. The van der Waals surface area contributed by atoms with E-state index in [0.29, 0.717) is 25.2 Å². The van der Waals surface area contributed by atoms with E-state index in [1.807, 2.05) is 50.2 Å². The van der Waals surface area contributed by atoms with Crippen molar-refractivity contribution in [3.63, 3.8) is 0 Å². The van der Waals surface area contributed by atoms with Gasteiger partial charge in [0.05, 0.1) is 0 Å². The van der Waals surface area contributed by atoms with Gasteiger partial charge in [-0.15, -0.1) is 0 Å². The molecular formula is C13H21N3O. The second kappa shape index (κ2) is 6.25. The highest BCUT2D eigenvalue weighted by Gasteiger charge is 2.13. The molecule has 0 aliphatic carbocycles. The van der Waals surface area contributed by atoms with E-state index in [2.05, 4.69) is 0 Å². The Bertz CT molecular complexity index is 377. The summed E-state index contributed by atoms with van der Waals surface area (Å²) in [5.74, 6) is 0.0432. The maximum Gasteiger partial charge on any atom is 0.253 e. The lowest BCUT2D eigenvalue weighted by Gasteiger charge is -2.21. The fourth-order valence-electron chi connectivity index (χ4n) is 1.66. The van der Waals surface area contributed by atoms with E-state index in [1.165, 1.54) is 0 Å². The highest BCUT2D eigenvalue weighted by atomic mass is 16.2. The molecule has 0 heterocycles. The Morgan fingerprint density at radius 3 is 2.59 bits per heavy atom. The molecule has 1 rings (SSSR count). The van der Waals surface area contributed by atoms with Crippen LogP contribution in [0.25, 0.3) is 0 Å². The average molecular weight is 235 g/mol. The number of hydrogen-bond donors (Lipinski definition) is 1. The molecule has 0 spiro atoms. The first kappa shape index (κ1) is 13.5. The van der Waals surface area contributed by atoms with Gasteiger partial charge in [0.2, 0.25) is 0 Å². The number of carbonyl (C=O) groups is 1. The molecule has 0 bridgehead atoms. The van der Waals surface area contributed by atoms with Crippen LogP contribution in [0, 0.1) is 0 Å². The zero-order valence-corrected chi connectivity index (χ0v) is 10.8. The fourth-order valence-corrected chi connectivity index (χ4v) is 1.66. The molecule has 0 atom stereocenters. The Morgan fingerprint density at radius 2 is 2.06 bits per heavy atom. The highest BCUT2D eigenvalue weighted by molar-refractivity contribution is 5.95. The van der Waals surface area contributed by atoms with Crippen molar-refractivity contribution in [1.82, 2.24) is 4.90 Å². The Kier molecular flexibility index (Phi) is 4.97. The van der Waals surface area contributed by atoms with Crippen LogP contribution in [0.4, 0.5) is 5.69 Å². The molecule has 17 heavy (non-hydrogen) atoms. The fraction of sp³-hybridized carbons (Fsp3) is 0.462. The van der Waals surface area contributed by atoms with Crippen molar-refractivity contribution in [3.8, 4) is 0 Å². The van der Waals surface area contributed by atoms with E-state index in [1.54, 1.807) is 4.90 Å². The Balaban J connectivity index is 2.91. The van der Waals surface area contributed by atoms with E-state index in [4.69, 9.17) is 5.73 Å². The molecule has 1 amide bonds. The van der Waals surface area contributed by atoms with Gasteiger partial charge in [0.15, 0.2) is 0 Å². The molecular weight excluding hydrogens is 214 g/mol. The molecule has 1 aromatic rings. The lowest BCUT2D eigenvalue weighted by Crippen LogP contribution is -2.35. The predicted octanol–water partition coefficient (Wildman–Crippen LogP) is 1.17. The summed E-state index contributed by atoms with van der Waals surface area (Å²) in [5, 5.41) is 0. The zero-order valence-electron chi connectivity index (χ0n) is 10.8. The minimum atomic E-state index is 0.0432. The Labute approximate surface area is 103 Å². The largest absolute Gasteiger partial charge is 0.378 e. The molecule has 0 aliphatic heterocycles. The number of rotatable bonds is 5. The van der Waals surface area contributed by atoms with Gasteiger partial charge >= 0.3 is 0 Å². The first-order chi connectivity index (χ1) is 8.10. The normalized spacial score (nSPS) is 10.1. The summed E-state index contributed by atoms with van der Waals surface area (Å²) in [6.07, 6.45) is 0. The van der Waals surface area contributed by atoms with Crippen molar-refractivity contribution >= 4 is 11.6 Å². The monoisotopic (exact) mass is 235 g/mol. The number of nitrogens with two attached hydrogens (primary N) is 1. The lowest BCUT2D eigenvalue weighted by molar-refractivity contribution is 0.0769. The molecule has 94 valence electrons. The standard InChI is InChI=1S/C13H21N3O/c1-4-16(9-8-14)13(17)11-6-5-7-12(10-11)15(2)3/h5-7,10H,4,8-9,14H2,1-3H3. The van der Waals surface area contributed by atoms with Crippen LogP contribution in [0.2, 0.25) is 0 Å². The molecule has 0 unspecified atom stereocenters. The van der Waals surface area contributed by atoms with E-state index < -0.39 is 0 Å². The van der Waals surface area contributed by atoms with Gasteiger partial charge in [-0.25, -0.2) is 0 Å². The van der Waals surface area contributed by atoms with E-state index in [9.17, 15) is 4.79 Å². The van der Waals surface area contributed by atoms with Crippen molar-refractivity contribution in [3.05, 3.63) is 29.8 Å². The quantitative estimate of drug-likeness (QED) is 0.833. The van der Waals surface area contributed by atoms with Gasteiger partial charge in [0.1, 0.15) is 0 Å². The van der Waals surface area contributed by atoms with Gasteiger partial charge in [0, 0.05) is 45.0 Å². The van der Waals surface area contributed by atoms with E-state index in [0.717, 1.165) is 5.69 Å². The SMILES string of the molecule is CCN(CCN)C(=O)c1cccc(N(C)C)c1. The maximum absolute atomic E-state index is 12.2. The first-order valence-electron chi connectivity index (χ1n) is 5.86. The van der Waals surface area contributed by atoms with Gasteiger partial charge in [-0.2, -0.15) is 0 Å². The minimum absolute atomic E-state index is 0.0432. The minimum Gasteiger partial charge on any atom is -0.378 e. The van der Waals surface area contributed by atoms with Gasteiger partial charge < -0.3 is 15.5 Å². The van der Waals surface area contributed by atoms with Crippen LogP contribution in [0.5, 0.6) is 0 Å². The van der Waals surface area contributed by atoms with Crippen LogP contribution in [0.1, 0.15) is 17.3 Å². The third-order valence-electron chi connectivity index (χ3n) is 2.68. The van der Waals surface area contributed by atoms with Gasteiger partial charge in [-0.05, 0) is 25.1 Å². The third-order valence-corrected chi connectivity index (χ3v) is 2.68. The summed E-state index contributed by atoms with van der Waals surface area (Å²) < 4.78 is 0. The van der Waals surface area contributed by atoms with Gasteiger partial charge in [0.25, 0.3) is 5.91 Å². The van der Waals surface area contributed by atoms with Gasteiger partial charge in [-0.3, -0.25) is 4.79 Å². The number of hydrogen-bond acceptors (Lipinski definition) is 3. The lowest BCUT2D eigenvalue weighted by atomic mass is 10.1. The van der Waals surface area contributed by atoms with Crippen molar-refractivity contribution in [2.24, 2.45) is 5.73 Å². The summed E-state index contributed by atoms with van der Waals surface area (Å²) in [7, 11) is 3.92. The highest BCUT2D eigenvalue weighted by Crippen LogP contribution is 2.14. The van der Waals surface area contributed by atoms with Gasteiger partial charge in [-0.1, -0.05) is 6.07 Å². The Morgan fingerprint density at radius 1 is 1.35 bits per heavy atom. The second-order valence-electron chi connectivity index (χ2n) is 4.12. The number of benzene rings is 1. The van der Waals surface area contributed by atoms with Crippen LogP contribution in [0.15, 0.2) is 24.3 Å². The van der Waals surface area contributed by atoms with Crippen molar-refractivity contribution in [1.29, 1.82) is 0 Å². The number of amides is 1. The molecule has 4 nitrogen and oxygen atoms in total. The summed E-state index contributed by atoms with van der Waals surface area (Å²) >= 11 is 0. The first-order valence-corrected chi connectivity index (χ1v) is 5.86. The molecule has 0 saturated carbocycles. The van der Waals surface area contributed by atoms with Crippen LogP contribution in [-0.2, 0) is 0 Å². The molecule has 4 heteroatoms. The molecule has 0 aromatic heterocycles. The van der Waals surface area contributed by atoms with Crippen molar-refractivity contribution in [2.45, 2.75) is 6.92 Å². The summed E-state index contributed by atoms with van der Waals surface area (Å²) in [4.78, 5) is 15.9. The maximum atomic E-state index is 12.2. The average Bonchev–Trinajstić information content (AvgIpc) is 2.35.